The molecule has 2 aromatic carbocycles. The lowest BCUT2D eigenvalue weighted by atomic mass is 10.1. The second-order valence-electron chi connectivity index (χ2n) is 5.08. The first-order valence-corrected chi connectivity index (χ1v) is 6.41. The van der Waals surface area contributed by atoms with Crippen LogP contribution in [0.3, 0.4) is 0 Å². The standard InChI is InChI=1S/C16H18N2/c1-11-7-8-13(9-15(11)17)18-16-10-14(16)12-5-3-2-4-6-12/h2-9,14,16,18H,10,17H2,1H3. The van der Waals surface area contributed by atoms with Crippen LogP contribution in [0.5, 0.6) is 0 Å². The summed E-state index contributed by atoms with van der Waals surface area (Å²) in [4.78, 5) is 0. The molecule has 2 unspecified atom stereocenters. The highest BCUT2D eigenvalue weighted by atomic mass is 15.0. The molecule has 0 bridgehead atoms. The number of aryl methyl sites for hydroxylation is 1. The zero-order chi connectivity index (χ0) is 12.5. The number of nitrogens with two attached hydrogens (primary N) is 1. The first-order valence-electron chi connectivity index (χ1n) is 6.41. The van der Waals surface area contributed by atoms with Crippen molar-refractivity contribution in [2.24, 2.45) is 0 Å². The molecule has 92 valence electrons. The van der Waals surface area contributed by atoms with Gasteiger partial charge in [-0.3, -0.25) is 0 Å². The van der Waals surface area contributed by atoms with Gasteiger partial charge in [0.05, 0.1) is 0 Å². The zero-order valence-corrected chi connectivity index (χ0v) is 10.6. The lowest BCUT2D eigenvalue weighted by Crippen LogP contribution is -2.04. The van der Waals surface area contributed by atoms with Gasteiger partial charge < -0.3 is 11.1 Å². The molecule has 1 saturated carbocycles. The van der Waals surface area contributed by atoms with Crippen LogP contribution in [-0.2, 0) is 0 Å². The van der Waals surface area contributed by atoms with Crippen molar-refractivity contribution in [1.82, 2.24) is 0 Å². The van der Waals surface area contributed by atoms with E-state index in [-0.39, 0.29) is 0 Å². The van der Waals surface area contributed by atoms with Crippen molar-refractivity contribution in [2.75, 3.05) is 11.1 Å². The van der Waals surface area contributed by atoms with Crippen LogP contribution in [0.1, 0.15) is 23.5 Å². The Morgan fingerprint density at radius 2 is 1.89 bits per heavy atom. The van der Waals surface area contributed by atoms with Crippen molar-refractivity contribution in [2.45, 2.75) is 25.3 Å². The maximum atomic E-state index is 5.92. The molecule has 0 heterocycles. The molecule has 0 aliphatic heterocycles. The van der Waals surface area contributed by atoms with Crippen LogP contribution in [0.25, 0.3) is 0 Å². The van der Waals surface area contributed by atoms with Gasteiger partial charge in [-0.2, -0.15) is 0 Å². The number of nitrogen functional groups attached to an aromatic ring is 1. The summed E-state index contributed by atoms with van der Waals surface area (Å²) < 4.78 is 0. The fourth-order valence-corrected chi connectivity index (χ4v) is 2.37. The zero-order valence-electron chi connectivity index (χ0n) is 10.6. The summed E-state index contributed by atoms with van der Waals surface area (Å²) in [5, 5.41) is 3.55. The van der Waals surface area contributed by atoms with E-state index in [9.17, 15) is 0 Å². The summed E-state index contributed by atoms with van der Waals surface area (Å²) in [6, 6.07) is 17.4. The summed E-state index contributed by atoms with van der Waals surface area (Å²) in [6.07, 6.45) is 1.21. The molecule has 18 heavy (non-hydrogen) atoms. The molecule has 1 aliphatic carbocycles. The highest BCUT2D eigenvalue weighted by molar-refractivity contribution is 5.59. The molecular weight excluding hydrogens is 220 g/mol. The minimum atomic E-state index is 0.550. The summed E-state index contributed by atoms with van der Waals surface area (Å²) in [5.41, 5.74) is 10.5. The Labute approximate surface area is 108 Å². The molecule has 3 N–H and O–H groups in total. The summed E-state index contributed by atoms with van der Waals surface area (Å²) >= 11 is 0. The Hall–Kier alpha value is -1.96. The van der Waals surface area contributed by atoms with Crippen LogP contribution in [-0.4, -0.2) is 6.04 Å². The third-order valence-electron chi connectivity index (χ3n) is 3.65. The molecule has 0 amide bonds. The monoisotopic (exact) mass is 238 g/mol. The van der Waals surface area contributed by atoms with Crippen molar-refractivity contribution in [1.29, 1.82) is 0 Å². The van der Waals surface area contributed by atoms with Gasteiger partial charge in [0.15, 0.2) is 0 Å². The third kappa shape index (κ3) is 2.19. The van der Waals surface area contributed by atoms with E-state index < -0.39 is 0 Å². The highest BCUT2D eigenvalue weighted by Crippen LogP contribution is 2.42. The predicted octanol–water partition coefficient (Wildman–Crippen LogP) is 3.55. The van der Waals surface area contributed by atoms with Gasteiger partial charge in [0.25, 0.3) is 0 Å². The minimum Gasteiger partial charge on any atom is -0.398 e. The van der Waals surface area contributed by atoms with Crippen molar-refractivity contribution in [3.63, 3.8) is 0 Å². The Balaban J connectivity index is 1.67. The van der Waals surface area contributed by atoms with Crippen molar-refractivity contribution < 1.29 is 0 Å². The molecular formula is C16H18N2. The van der Waals surface area contributed by atoms with Gasteiger partial charge in [-0.25, -0.2) is 0 Å². The van der Waals surface area contributed by atoms with E-state index in [2.05, 4.69) is 47.8 Å². The lowest BCUT2D eigenvalue weighted by Gasteiger charge is -2.08. The number of hydrogen-bond donors (Lipinski definition) is 2. The third-order valence-corrected chi connectivity index (χ3v) is 3.65. The van der Waals surface area contributed by atoms with E-state index in [1.54, 1.807) is 0 Å². The second kappa shape index (κ2) is 4.37. The van der Waals surface area contributed by atoms with Gasteiger partial charge in [0.1, 0.15) is 0 Å². The Morgan fingerprint density at radius 3 is 2.61 bits per heavy atom. The quantitative estimate of drug-likeness (QED) is 0.803. The fourth-order valence-electron chi connectivity index (χ4n) is 2.37. The molecule has 0 radical (unpaired) electrons. The van der Waals surface area contributed by atoms with Gasteiger partial charge >= 0.3 is 0 Å². The summed E-state index contributed by atoms with van der Waals surface area (Å²) in [5.74, 6) is 0.647. The van der Waals surface area contributed by atoms with Crippen LogP contribution in [0.4, 0.5) is 11.4 Å². The van der Waals surface area contributed by atoms with Crippen molar-refractivity contribution in [3.8, 4) is 0 Å². The summed E-state index contributed by atoms with van der Waals surface area (Å²) in [6.45, 7) is 2.03. The Kier molecular flexibility index (Phi) is 2.71. The molecule has 2 aromatic rings. The van der Waals surface area contributed by atoms with Gasteiger partial charge in [-0.05, 0) is 36.6 Å². The molecule has 2 nitrogen and oxygen atoms in total. The summed E-state index contributed by atoms with van der Waals surface area (Å²) in [7, 11) is 0. The van der Waals surface area contributed by atoms with Crippen LogP contribution in [0.15, 0.2) is 48.5 Å². The van der Waals surface area contributed by atoms with E-state index >= 15 is 0 Å². The fraction of sp³-hybridized carbons (Fsp3) is 0.250. The molecule has 0 saturated heterocycles. The van der Waals surface area contributed by atoms with E-state index in [0.29, 0.717) is 12.0 Å². The second-order valence-corrected chi connectivity index (χ2v) is 5.08. The molecule has 2 atom stereocenters. The smallest absolute Gasteiger partial charge is 0.0364 e. The SMILES string of the molecule is Cc1ccc(NC2CC2c2ccccc2)cc1N. The van der Waals surface area contributed by atoms with Crippen LogP contribution < -0.4 is 11.1 Å². The predicted molar refractivity (Wildman–Crippen MR) is 76.8 cm³/mol. The van der Waals surface area contributed by atoms with Gasteiger partial charge in [-0.15, -0.1) is 0 Å². The van der Waals surface area contributed by atoms with Gasteiger partial charge in [0, 0.05) is 23.3 Å². The highest BCUT2D eigenvalue weighted by Gasteiger charge is 2.38. The van der Waals surface area contributed by atoms with Crippen LogP contribution >= 0.6 is 0 Å². The number of anilines is 2. The molecule has 2 heteroatoms. The maximum Gasteiger partial charge on any atom is 0.0364 e. The normalized spacial score (nSPS) is 21.6. The Bertz CT molecular complexity index is 548. The first kappa shape index (κ1) is 11.1. The Morgan fingerprint density at radius 1 is 1.11 bits per heavy atom. The number of nitrogens with one attached hydrogen (secondary N) is 1. The number of benzene rings is 2. The van der Waals surface area contributed by atoms with Crippen LogP contribution in [0, 0.1) is 6.92 Å². The average molecular weight is 238 g/mol. The van der Waals surface area contributed by atoms with Gasteiger partial charge in [0.2, 0.25) is 0 Å². The van der Waals surface area contributed by atoms with Crippen LogP contribution in [0.2, 0.25) is 0 Å². The molecule has 0 spiro atoms. The minimum absolute atomic E-state index is 0.550. The van der Waals surface area contributed by atoms with Gasteiger partial charge in [-0.1, -0.05) is 36.4 Å². The maximum absolute atomic E-state index is 5.92. The molecule has 1 fully saturated rings. The topological polar surface area (TPSA) is 38.0 Å². The van der Waals surface area contributed by atoms with E-state index in [1.807, 2.05) is 13.0 Å². The van der Waals surface area contributed by atoms with E-state index in [4.69, 9.17) is 5.73 Å². The van der Waals surface area contributed by atoms with E-state index in [1.165, 1.54) is 12.0 Å². The molecule has 1 aliphatic rings. The number of rotatable bonds is 3. The largest absolute Gasteiger partial charge is 0.398 e. The van der Waals surface area contributed by atoms with E-state index in [0.717, 1.165) is 16.9 Å². The first-order chi connectivity index (χ1) is 8.74. The average Bonchev–Trinajstić information content (AvgIpc) is 3.14. The molecule has 0 aromatic heterocycles. The molecule has 3 rings (SSSR count). The number of hydrogen-bond acceptors (Lipinski definition) is 2. The van der Waals surface area contributed by atoms with Crippen molar-refractivity contribution in [3.05, 3.63) is 59.7 Å². The van der Waals surface area contributed by atoms with Crippen molar-refractivity contribution >= 4 is 11.4 Å². The lowest BCUT2D eigenvalue weighted by molar-refractivity contribution is 1.05.